The quantitative estimate of drug-likeness (QED) is 0.682. The van der Waals surface area contributed by atoms with Crippen LogP contribution in [0.1, 0.15) is 26.3 Å². The monoisotopic (exact) mass is 266 g/mol. The summed E-state index contributed by atoms with van der Waals surface area (Å²) in [6.45, 7) is 7.39. The SMILES string of the molecule is Cc1cc(Cl)nc2c1ccn2C(=O)OC(C)(C)C. The van der Waals surface area contributed by atoms with E-state index in [1.165, 1.54) is 4.57 Å². The van der Waals surface area contributed by atoms with Gasteiger partial charge in [-0.1, -0.05) is 11.6 Å². The van der Waals surface area contributed by atoms with Gasteiger partial charge in [0.05, 0.1) is 0 Å². The first-order valence-electron chi connectivity index (χ1n) is 5.65. The third-order valence-corrected chi connectivity index (χ3v) is 2.62. The van der Waals surface area contributed by atoms with Crippen molar-refractivity contribution in [2.45, 2.75) is 33.3 Å². The molecule has 0 aliphatic rings. The fraction of sp³-hybridized carbons (Fsp3) is 0.385. The molecule has 0 saturated carbocycles. The minimum absolute atomic E-state index is 0.364. The zero-order valence-corrected chi connectivity index (χ0v) is 11.6. The van der Waals surface area contributed by atoms with Crippen molar-refractivity contribution >= 4 is 28.7 Å². The average Bonchev–Trinajstić information content (AvgIpc) is 2.58. The van der Waals surface area contributed by atoms with Crippen molar-refractivity contribution in [1.82, 2.24) is 9.55 Å². The van der Waals surface area contributed by atoms with Crippen LogP contribution in [0.25, 0.3) is 11.0 Å². The largest absolute Gasteiger partial charge is 0.443 e. The first-order valence-corrected chi connectivity index (χ1v) is 6.03. The Kier molecular flexibility index (Phi) is 3.07. The van der Waals surface area contributed by atoms with E-state index in [2.05, 4.69) is 4.98 Å². The number of fused-ring (bicyclic) bond motifs is 1. The van der Waals surface area contributed by atoms with E-state index in [1.54, 1.807) is 12.3 Å². The van der Waals surface area contributed by atoms with Gasteiger partial charge in [-0.05, 0) is 45.4 Å². The molecule has 0 radical (unpaired) electrons. The minimum Gasteiger partial charge on any atom is -0.443 e. The van der Waals surface area contributed by atoms with Crippen molar-refractivity contribution in [3.63, 3.8) is 0 Å². The predicted octanol–water partition coefficient (Wildman–Crippen LogP) is 3.78. The van der Waals surface area contributed by atoms with Crippen LogP contribution >= 0.6 is 11.6 Å². The topological polar surface area (TPSA) is 44.1 Å². The molecule has 0 atom stereocenters. The maximum Gasteiger partial charge on any atom is 0.420 e. The highest BCUT2D eigenvalue weighted by atomic mass is 35.5. The molecule has 0 bridgehead atoms. The number of carbonyl (C=O) groups is 1. The first-order chi connectivity index (χ1) is 8.28. The summed E-state index contributed by atoms with van der Waals surface area (Å²) in [5, 5.41) is 1.26. The Morgan fingerprint density at radius 3 is 2.72 bits per heavy atom. The molecular formula is C13H15ClN2O2. The Hall–Kier alpha value is -1.55. The van der Waals surface area contributed by atoms with E-state index in [9.17, 15) is 4.79 Å². The second kappa shape index (κ2) is 4.28. The van der Waals surface area contributed by atoms with Crippen molar-refractivity contribution in [3.05, 3.63) is 29.0 Å². The Bertz CT molecular complexity index is 611. The zero-order chi connectivity index (χ0) is 13.5. The van der Waals surface area contributed by atoms with Crippen LogP contribution in [0.4, 0.5) is 4.79 Å². The van der Waals surface area contributed by atoms with Crippen LogP contribution in [0, 0.1) is 6.92 Å². The highest BCUT2D eigenvalue weighted by Crippen LogP contribution is 2.22. The zero-order valence-electron chi connectivity index (χ0n) is 10.8. The lowest BCUT2D eigenvalue weighted by atomic mass is 10.2. The standard InChI is InChI=1S/C13H15ClN2O2/c1-8-7-10(14)15-11-9(8)5-6-16(11)12(17)18-13(2,3)4/h5-7H,1-4H3. The number of carbonyl (C=O) groups excluding carboxylic acids is 1. The molecule has 2 heterocycles. The van der Waals surface area contributed by atoms with E-state index >= 15 is 0 Å². The molecule has 0 spiro atoms. The summed E-state index contributed by atoms with van der Waals surface area (Å²) in [5.41, 5.74) is 0.961. The number of nitrogens with zero attached hydrogens (tertiary/aromatic N) is 2. The van der Waals surface area contributed by atoms with Gasteiger partial charge in [0.15, 0.2) is 5.65 Å². The minimum atomic E-state index is -0.540. The molecule has 0 aliphatic heterocycles. The number of aromatic nitrogens is 2. The molecule has 96 valence electrons. The van der Waals surface area contributed by atoms with Gasteiger partial charge >= 0.3 is 6.09 Å². The molecule has 0 saturated heterocycles. The predicted molar refractivity (Wildman–Crippen MR) is 71.1 cm³/mol. The van der Waals surface area contributed by atoms with E-state index in [0.29, 0.717) is 10.8 Å². The molecule has 5 heteroatoms. The number of rotatable bonds is 0. The van der Waals surface area contributed by atoms with E-state index in [0.717, 1.165) is 10.9 Å². The van der Waals surface area contributed by atoms with Gasteiger partial charge in [0.25, 0.3) is 0 Å². The second-order valence-corrected chi connectivity index (χ2v) is 5.55. The lowest BCUT2D eigenvalue weighted by Gasteiger charge is -2.19. The highest BCUT2D eigenvalue weighted by molar-refractivity contribution is 6.29. The van der Waals surface area contributed by atoms with Crippen LogP contribution in [0.5, 0.6) is 0 Å². The van der Waals surface area contributed by atoms with Crippen molar-refractivity contribution in [2.24, 2.45) is 0 Å². The van der Waals surface area contributed by atoms with Gasteiger partial charge < -0.3 is 4.74 Å². The Labute approximate surface area is 111 Å². The maximum absolute atomic E-state index is 12.0. The molecule has 0 fully saturated rings. The Morgan fingerprint density at radius 1 is 1.44 bits per heavy atom. The summed E-state index contributed by atoms with van der Waals surface area (Å²) in [7, 11) is 0. The van der Waals surface area contributed by atoms with Crippen LogP contribution in [-0.2, 0) is 4.74 Å². The van der Waals surface area contributed by atoms with E-state index in [4.69, 9.17) is 16.3 Å². The van der Waals surface area contributed by atoms with Crippen LogP contribution < -0.4 is 0 Å². The fourth-order valence-electron chi connectivity index (χ4n) is 1.69. The van der Waals surface area contributed by atoms with Crippen LogP contribution in [-0.4, -0.2) is 21.2 Å². The summed E-state index contributed by atoms with van der Waals surface area (Å²) in [6.07, 6.45) is 1.20. The van der Waals surface area contributed by atoms with Crippen molar-refractivity contribution in [1.29, 1.82) is 0 Å². The Balaban J connectivity index is 2.49. The third-order valence-electron chi connectivity index (χ3n) is 2.42. The summed E-state index contributed by atoms with van der Waals surface area (Å²) < 4.78 is 6.69. The molecule has 2 aromatic rings. The molecule has 0 unspecified atom stereocenters. The van der Waals surface area contributed by atoms with Gasteiger partial charge in [0.2, 0.25) is 0 Å². The van der Waals surface area contributed by atoms with Gasteiger partial charge in [-0.15, -0.1) is 0 Å². The smallest absolute Gasteiger partial charge is 0.420 e. The van der Waals surface area contributed by atoms with E-state index in [-0.39, 0.29) is 0 Å². The molecule has 0 amide bonds. The van der Waals surface area contributed by atoms with Crippen LogP contribution in [0.15, 0.2) is 18.3 Å². The number of aryl methyl sites for hydroxylation is 1. The summed E-state index contributed by atoms with van der Waals surface area (Å²) >= 11 is 5.91. The number of halogens is 1. The number of pyridine rings is 1. The summed E-state index contributed by atoms with van der Waals surface area (Å²) in [5.74, 6) is 0. The Morgan fingerprint density at radius 2 is 2.11 bits per heavy atom. The van der Waals surface area contributed by atoms with E-state index in [1.807, 2.05) is 33.8 Å². The lowest BCUT2D eigenvalue weighted by Crippen LogP contribution is -2.26. The third kappa shape index (κ3) is 2.48. The number of hydrogen-bond donors (Lipinski definition) is 0. The molecule has 0 aliphatic carbocycles. The van der Waals surface area contributed by atoms with Gasteiger partial charge in [-0.2, -0.15) is 0 Å². The lowest BCUT2D eigenvalue weighted by molar-refractivity contribution is 0.0543. The average molecular weight is 267 g/mol. The van der Waals surface area contributed by atoms with Crippen molar-refractivity contribution < 1.29 is 9.53 Å². The van der Waals surface area contributed by atoms with Crippen molar-refractivity contribution in [2.75, 3.05) is 0 Å². The number of ether oxygens (including phenoxy) is 1. The molecule has 18 heavy (non-hydrogen) atoms. The van der Waals surface area contributed by atoms with Gasteiger partial charge in [-0.25, -0.2) is 14.3 Å². The van der Waals surface area contributed by atoms with Crippen LogP contribution in [0.3, 0.4) is 0 Å². The first kappa shape index (κ1) is 12.9. The maximum atomic E-state index is 12.0. The highest BCUT2D eigenvalue weighted by Gasteiger charge is 2.20. The fourth-order valence-corrected chi connectivity index (χ4v) is 1.94. The van der Waals surface area contributed by atoms with Gasteiger partial charge in [0.1, 0.15) is 10.8 Å². The number of hydrogen-bond acceptors (Lipinski definition) is 3. The summed E-state index contributed by atoms with van der Waals surface area (Å²) in [4.78, 5) is 16.2. The molecule has 2 aromatic heterocycles. The second-order valence-electron chi connectivity index (χ2n) is 5.17. The van der Waals surface area contributed by atoms with Gasteiger partial charge in [0, 0.05) is 11.6 Å². The molecule has 0 N–H and O–H groups in total. The van der Waals surface area contributed by atoms with Crippen molar-refractivity contribution in [3.8, 4) is 0 Å². The molecule has 4 nitrogen and oxygen atoms in total. The summed E-state index contributed by atoms with van der Waals surface area (Å²) in [6, 6.07) is 3.60. The van der Waals surface area contributed by atoms with Gasteiger partial charge in [-0.3, -0.25) is 0 Å². The van der Waals surface area contributed by atoms with Crippen LogP contribution in [0.2, 0.25) is 5.15 Å². The molecular weight excluding hydrogens is 252 g/mol. The molecule has 0 aromatic carbocycles. The van der Waals surface area contributed by atoms with E-state index < -0.39 is 11.7 Å². The molecule has 2 rings (SSSR count). The normalized spacial score (nSPS) is 11.8.